The van der Waals surface area contributed by atoms with Crippen LogP contribution >= 0.6 is 0 Å². The van der Waals surface area contributed by atoms with Crippen LogP contribution in [0.3, 0.4) is 0 Å². The van der Waals surface area contributed by atoms with Gasteiger partial charge in [0.15, 0.2) is 0 Å². The molecule has 0 radical (unpaired) electrons. The lowest BCUT2D eigenvalue weighted by Gasteiger charge is -2.21. The van der Waals surface area contributed by atoms with Gasteiger partial charge in [-0.05, 0) is 51.4 Å². The molecule has 61 heavy (non-hydrogen) atoms. The number of aliphatic hydroxyl groups excluding tert-OH is 3. The fraction of sp³-hybridized carbons (Fsp3) is 0.875. The minimum absolute atomic E-state index is 0.0150. The Morgan fingerprint density at radius 1 is 0.426 bits per heavy atom. The molecule has 5 nitrogen and oxygen atoms in total. The first-order valence-electron chi connectivity index (χ1n) is 27.3. The van der Waals surface area contributed by atoms with E-state index in [4.69, 9.17) is 0 Å². The Bertz CT molecular complexity index is 947. The van der Waals surface area contributed by atoms with E-state index in [9.17, 15) is 20.1 Å². The van der Waals surface area contributed by atoms with Crippen LogP contribution in [-0.4, -0.2) is 46.1 Å². The first-order valence-corrected chi connectivity index (χ1v) is 27.3. The van der Waals surface area contributed by atoms with Gasteiger partial charge in [-0.3, -0.25) is 4.79 Å². The van der Waals surface area contributed by atoms with Crippen molar-refractivity contribution < 1.29 is 20.1 Å². The van der Waals surface area contributed by atoms with Crippen molar-refractivity contribution in [1.82, 2.24) is 5.32 Å². The van der Waals surface area contributed by atoms with E-state index in [1.165, 1.54) is 231 Å². The number of allylic oxidation sites excluding steroid dienone is 5. The van der Waals surface area contributed by atoms with Crippen molar-refractivity contribution >= 4 is 5.91 Å². The standard InChI is InChI=1S/C56H107NO4/c1-3-5-7-9-11-13-15-17-18-19-20-21-22-23-24-25-26-27-28-29-30-31-32-33-34-35-36-38-39-41-43-45-47-49-53(59)51-56(61)57-54(52-58)55(60)50-48-46-44-42-40-37-16-14-12-10-8-6-4-2/h22-23,25-26,48,50,53-55,58-60H,3-21,24,27-47,49,51-52H2,1-2H3,(H,57,61)/b23-22-,26-25-,50-48+. The highest BCUT2D eigenvalue weighted by Gasteiger charge is 2.20. The van der Waals surface area contributed by atoms with E-state index in [1.54, 1.807) is 6.08 Å². The number of nitrogens with one attached hydrogen (secondary N) is 1. The van der Waals surface area contributed by atoms with Crippen LogP contribution in [0.1, 0.15) is 290 Å². The molecule has 0 aromatic rings. The van der Waals surface area contributed by atoms with Gasteiger partial charge in [0.1, 0.15) is 0 Å². The number of carbonyl (C=O) groups is 1. The molecule has 0 spiro atoms. The average Bonchev–Trinajstić information content (AvgIpc) is 3.25. The Balaban J connectivity index is 3.51. The lowest BCUT2D eigenvalue weighted by molar-refractivity contribution is -0.124. The number of unbranched alkanes of at least 4 members (excludes halogenated alkanes) is 37. The second-order valence-corrected chi connectivity index (χ2v) is 18.8. The zero-order valence-corrected chi connectivity index (χ0v) is 41.1. The molecule has 0 saturated carbocycles. The van der Waals surface area contributed by atoms with Crippen molar-refractivity contribution in [3.63, 3.8) is 0 Å². The van der Waals surface area contributed by atoms with Crippen LogP contribution in [0.15, 0.2) is 36.5 Å². The van der Waals surface area contributed by atoms with Crippen LogP contribution in [0.4, 0.5) is 0 Å². The van der Waals surface area contributed by atoms with E-state index in [0.29, 0.717) is 6.42 Å². The Morgan fingerprint density at radius 2 is 0.738 bits per heavy atom. The van der Waals surface area contributed by atoms with Gasteiger partial charge in [-0.2, -0.15) is 0 Å². The fourth-order valence-corrected chi connectivity index (χ4v) is 8.49. The van der Waals surface area contributed by atoms with Crippen molar-refractivity contribution in [2.75, 3.05) is 6.61 Å². The summed E-state index contributed by atoms with van der Waals surface area (Å²) in [6.07, 6.45) is 66.2. The monoisotopic (exact) mass is 858 g/mol. The third kappa shape index (κ3) is 47.9. The van der Waals surface area contributed by atoms with Gasteiger partial charge in [0.05, 0.1) is 31.3 Å². The Hall–Kier alpha value is -1.43. The van der Waals surface area contributed by atoms with Gasteiger partial charge in [-0.25, -0.2) is 0 Å². The maximum Gasteiger partial charge on any atom is 0.222 e. The molecule has 5 heteroatoms. The van der Waals surface area contributed by atoms with Crippen LogP contribution in [-0.2, 0) is 4.79 Å². The molecule has 0 saturated heterocycles. The predicted molar refractivity (Wildman–Crippen MR) is 268 cm³/mol. The summed E-state index contributed by atoms with van der Waals surface area (Å²) in [6, 6.07) is -0.743. The van der Waals surface area contributed by atoms with Gasteiger partial charge < -0.3 is 20.6 Å². The van der Waals surface area contributed by atoms with E-state index >= 15 is 0 Å². The van der Waals surface area contributed by atoms with E-state index < -0.39 is 18.2 Å². The molecular formula is C56H107NO4. The summed E-state index contributed by atoms with van der Waals surface area (Å²) in [5.74, 6) is -0.314. The van der Waals surface area contributed by atoms with Crippen LogP contribution in [0, 0.1) is 0 Å². The van der Waals surface area contributed by atoms with Crippen molar-refractivity contribution in [1.29, 1.82) is 0 Å². The topological polar surface area (TPSA) is 89.8 Å². The Labute approximate surface area is 381 Å². The molecule has 0 heterocycles. The second kappa shape index (κ2) is 51.2. The summed E-state index contributed by atoms with van der Waals surface area (Å²) in [4.78, 5) is 12.5. The summed E-state index contributed by atoms with van der Waals surface area (Å²) >= 11 is 0. The Kier molecular flexibility index (Phi) is 50.0. The van der Waals surface area contributed by atoms with Crippen LogP contribution in [0.5, 0.6) is 0 Å². The maximum atomic E-state index is 12.5. The van der Waals surface area contributed by atoms with Gasteiger partial charge in [0.2, 0.25) is 5.91 Å². The zero-order chi connectivity index (χ0) is 44.4. The van der Waals surface area contributed by atoms with Gasteiger partial charge >= 0.3 is 0 Å². The smallest absolute Gasteiger partial charge is 0.222 e. The lowest BCUT2D eigenvalue weighted by atomic mass is 10.0. The third-order valence-electron chi connectivity index (χ3n) is 12.7. The molecule has 1 amide bonds. The van der Waals surface area contributed by atoms with Gasteiger partial charge in [-0.1, -0.05) is 269 Å². The minimum atomic E-state index is -0.927. The van der Waals surface area contributed by atoms with Crippen molar-refractivity contribution in [2.24, 2.45) is 0 Å². The zero-order valence-electron chi connectivity index (χ0n) is 41.1. The first kappa shape index (κ1) is 59.6. The first-order chi connectivity index (χ1) is 30.0. The van der Waals surface area contributed by atoms with Gasteiger partial charge in [0.25, 0.3) is 0 Å². The summed E-state index contributed by atoms with van der Waals surface area (Å²) in [5, 5.41) is 33.3. The second-order valence-electron chi connectivity index (χ2n) is 18.8. The highest BCUT2D eigenvalue weighted by Crippen LogP contribution is 2.17. The maximum absolute atomic E-state index is 12.5. The van der Waals surface area contributed by atoms with Crippen LogP contribution in [0.2, 0.25) is 0 Å². The number of hydrogen-bond donors (Lipinski definition) is 4. The molecule has 0 aromatic heterocycles. The third-order valence-corrected chi connectivity index (χ3v) is 12.7. The van der Waals surface area contributed by atoms with Crippen molar-refractivity contribution in [2.45, 2.75) is 308 Å². The van der Waals surface area contributed by atoms with Gasteiger partial charge in [-0.15, -0.1) is 0 Å². The molecule has 0 aliphatic rings. The van der Waals surface area contributed by atoms with E-state index in [-0.39, 0.29) is 18.9 Å². The van der Waals surface area contributed by atoms with E-state index in [2.05, 4.69) is 43.5 Å². The average molecular weight is 858 g/mol. The van der Waals surface area contributed by atoms with Crippen molar-refractivity contribution in [3.8, 4) is 0 Å². The van der Waals surface area contributed by atoms with E-state index in [0.717, 1.165) is 32.1 Å². The van der Waals surface area contributed by atoms with Crippen LogP contribution in [0.25, 0.3) is 0 Å². The molecule has 0 bridgehead atoms. The summed E-state index contributed by atoms with van der Waals surface area (Å²) in [6.45, 7) is 4.22. The molecular weight excluding hydrogens is 751 g/mol. The highest BCUT2D eigenvalue weighted by atomic mass is 16.3. The number of aliphatic hydroxyl groups is 3. The molecule has 0 aliphatic carbocycles. The number of carbonyl (C=O) groups excluding carboxylic acids is 1. The quantitative estimate of drug-likeness (QED) is 0.0362. The Morgan fingerprint density at radius 3 is 1.08 bits per heavy atom. The largest absolute Gasteiger partial charge is 0.394 e. The molecule has 0 fully saturated rings. The molecule has 0 aliphatic heterocycles. The fourth-order valence-electron chi connectivity index (χ4n) is 8.49. The number of amides is 1. The molecule has 4 N–H and O–H groups in total. The molecule has 3 atom stereocenters. The normalized spacial score (nSPS) is 13.6. The minimum Gasteiger partial charge on any atom is -0.394 e. The molecule has 0 rings (SSSR count). The molecule has 360 valence electrons. The summed E-state index contributed by atoms with van der Waals surface area (Å²) in [7, 11) is 0. The molecule has 0 aromatic carbocycles. The predicted octanol–water partition coefficient (Wildman–Crippen LogP) is 16.7. The number of hydrogen-bond acceptors (Lipinski definition) is 4. The summed E-state index contributed by atoms with van der Waals surface area (Å²) in [5.41, 5.74) is 0. The van der Waals surface area contributed by atoms with Crippen LogP contribution < -0.4 is 5.32 Å². The lowest BCUT2D eigenvalue weighted by Crippen LogP contribution is -2.45. The highest BCUT2D eigenvalue weighted by molar-refractivity contribution is 5.76. The van der Waals surface area contributed by atoms with Crippen molar-refractivity contribution in [3.05, 3.63) is 36.5 Å². The van der Waals surface area contributed by atoms with E-state index in [1.807, 2.05) is 6.08 Å². The van der Waals surface area contributed by atoms with Gasteiger partial charge in [0, 0.05) is 0 Å². The number of rotatable bonds is 50. The molecule has 3 unspecified atom stereocenters. The summed E-state index contributed by atoms with van der Waals surface area (Å²) < 4.78 is 0. The SMILES string of the molecule is CCCCCCCCCCCCC/C=C\C/C=C\CCCCCCCCCCCCCCCCCC(O)CC(=O)NC(CO)C(O)/C=C/CCCCCCCCCCCCC.